The van der Waals surface area contributed by atoms with Crippen molar-refractivity contribution in [2.24, 2.45) is 0 Å². The third-order valence-electron chi connectivity index (χ3n) is 4.40. The minimum absolute atomic E-state index is 0.00342. The molecular weight excluding hydrogens is 348 g/mol. The molecule has 1 atom stereocenters. The summed E-state index contributed by atoms with van der Waals surface area (Å²) < 4.78 is 5.55. The van der Waals surface area contributed by atoms with Gasteiger partial charge in [0.2, 0.25) is 0 Å². The number of carbonyl (C=O) groups is 1. The number of benzene rings is 2. The highest BCUT2D eigenvalue weighted by atomic mass is 35.5. The molecule has 0 fully saturated rings. The van der Waals surface area contributed by atoms with Crippen LogP contribution >= 0.6 is 11.6 Å². The SMILES string of the molecule is CCN(CC)C(CNC(=O)COc1ccc(C)cc1)c1ccccc1Cl. The Balaban J connectivity index is 1.96. The first-order valence-corrected chi connectivity index (χ1v) is 9.37. The van der Waals surface area contributed by atoms with Gasteiger partial charge >= 0.3 is 0 Å². The zero-order valence-electron chi connectivity index (χ0n) is 15.7. The van der Waals surface area contributed by atoms with Gasteiger partial charge < -0.3 is 10.1 Å². The normalized spacial score (nSPS) is 12.0. The molecule has 2 aromatic carbocycles. The van der Waals surface area contributed by atoms with Crippen LogP contribution in [0.1, 0.15) is 31.0 Å². The molecule has 2 rings (SSSR count). The Morgan fingerprint density at radius 1 is 1.12 bits per heavy atom. The number of amides is 1. The molecule has 0 aliphatic carbocycles. The number of aryl methyl sites for hydroxylation is 1. The quantitative estimate of drug-likeness (QED) is 0.714. The highest BCUT2D eigenvalue weighted by Gasteiger charge is 2.21. The van der Waals surface area contributed by atoms with Gasteiger partial charge in [-0.15, -0.1) is 0 Å². The summed E-state index contributed by atoms with van der Waals surface area (Å²) in [6, 6.07) is 15.5. The van der Waals surface area contributed by atoms with Crippen LogP contribution in [0.5, 0.6) is 5.75 Å². The number of carbonyl (C=O) groups excluding carboxylic acids is 1. The Morgan fingerprint density at radius 3 is 2.38 bits per heavy atom. The van der Waals surface area contributed by atoms with Gasteiger partial charge in [0.25, 0.3) is 5.91 Å². The number of likely N-dealkylation sites (N-methyl/N-ethyl adjacent to an activating group) is 1. The second kappa shape index (κ2) is 10.2. The van der Waals surface area contributed by atoms with E-state index >= 15 is 0 Å². The van der Waals surface area contributed by atoms with Crippen molar-refractivity contribution in [3.63, 3.8) is 0 Å². The van der Waals surface area contributed by atoms with Gasteiger partial charge in [0, 0.05) is 11.6 Å². The summed E-state index contributed by atoms with van der Waals surface area (Å²) in [5.74, 6) is 0.548. The summed E-state index contributed by atoms with van der Waals surface area (Å²) in [7, 11) is 0. The molecular formula is C21H27ClN2O2. The van der Waals surface area contributed by atoms with Gasteiger partial charge in [0.1, 0.15) is 5.75 Å². The maximum Gasteiger partial charge on any atom is 0.258 e. The molecule has 0 radical (unpaired) electrons. The molecule has 1 amide bonds. The Morgan fingerprint density at radius 2 is 1.77 bits per heavy atom. The summed E-state index contributed by atoms with van der Waals surface area (Å²) in [6.45, 7) is 8.46. The standard InChI is InChI=1S/C21H27ClN2O2/c1-4-24(5-2)20(18-8-6-7-9-19(18)22)14-23-21(25)15-26-17-12-10-16(3)11-13-17/h6-13,20H,4-5,14-15H2,1-3H3,(H,23,25). The molecule has 0 aliphatic rings. The second-order valence-electron chi connectivity index (χ2n) is 6.16. The van der Waals surface area contributed by atoms with E-state index in [0.717, 1.165) is 29.2 Å². The van der Waals surface area contributed by atoms with E-state index in [1.54, 1.807) is 0 Å². The van der Waals surface area contributed by atoms with E-state index in [4.69, 9.17) is 16.3 Å². The molecule has 0 saturated heterocycles. The summed E-state index contributed by atoms with van der Waals surface area (Å²) >= 11 is 6.38. The molecule has 4 nitrogen and oxygen atoms in total. The van der Waals surface area contributed by atoms with E-state index in [1.807, 2.05) is 55.5 Å². The van der Waals surface area contributed by atoms with Crippen molar-refractivity contribution in [1.82, 2.24) is 10.2 Å². The molecule has 2 aromatic rings. The topological polar surface area (TPSA) is 41.6 Å². The van der Waals surface area contributed by atoms with Gasteiger partial charge in [-0.3, -0.25) is 9.69 Å². The van der Waals surface area contributed by atoms with E-state index < -0.39 is 0 Å². The first kappa shape index (κ1) is 20.3. The molecule has 26 heavy (non-hydrogen) atoms. The van der Waals surface area contributed by atoms with Crippen LogP contribution in [0.25, 0.3) is 0 Å². The maximum absolute atomic E-state index is 12.2. The Bertz CT molecular complexity index is 699. The lowest BCUT2D eigenvalue weighted by molar-refractivity contribution is -0.123. The monoisotopic (exact) mass is 374 g/mol. The van der Waals surface area contributed by atoms with Gasteiger partial charge in [0.15, 0.2) is 6.61 Å². The van der Waals surface area contributed by atoms with Crippen molar-refractivity contribution < 1.29 is 9.53 Å². The van der Waals surface area contributed by atoms with Gasteiger partial charge in [0.05, 0.1) is 6.04 Å². The summed E-state index contributed by atoms with van der Waals surface area (Å²) in [5.41, 5.74) is 2.18. The van der Waals surface area contributed by atoms with Gasteiger partial charge in [-0.2, -0.15) is 0 Å². The van der Waals surface area contributed by atoms with E-state index in [-0.39, 0.29) is 18.6 Å². The molecule has 5 heteroatoms. The lowest BCUT2D eigenvalue weighted by Gasteiger charge is -2.30. The fourth-order valence-electron chi connectivity index (χ4n) is 2.89. The van der Waals surface area contributed by atoms with Crippen LogP contribution < -0.4 is 10.1 Å². The molecule has 0 heterocycles. The van der Waals surface area contributed by atoms with Crippen LogP contribution in [0.2, 0.25) is 5.02 Å². The van der Waals surface area contributed by atoms with Crippen LogP contribution in [-0.4, -0.2) is 37.0 Å². The van der Waals surface area contributed by atoms with Gasteiger partial charge in [-0.05, 0) is 43.8 Å². The molecule has 0 aliphatic heterocycles. The van der Waals surface area contributed by atoms with Crippen molar-refractivity contribution in [3.05, 3.63) is 64.7 Å². The van der Waals surface area contributed by atoms with Crippen molar-refractivity contribution in [3.8, 4) is 5.75 Å². The highest BCUT2D eigenvalue weighted by molar-refractivity contribution is 6.31. The maximum atomic E-state index is 12.2. The minimum Gasteiger partial charge on any atom is -0.484 e. The number of rotatable bonds is 9. The van der Waals surface area contributed by atoms with E-state index in [0.29, 0.717) is 12.3 Å². The second-order valence-corrected chi connectivity index (χ2v) is 6.57. The van der Waals surface area contributed by atoms with Crippen LogP contribution in [0.4, 0.5) is 0 Å². The number of hydrogen-bond acceptors (Lipinski definition) is 3. The predicted molar refractivity (Wildman–Crippen MR) is 107 cm³/mol. The summed E-state index contributed by atoms with van der Waals surface area (Å²) in [4.78, 5) is 14.5. The Kier molecular flexibility index (Phi) is 7.95. The Labute approximate surface area is 161 Å². The minimum atomic E-state index is -0.144. The molecule has 0 saturated carbocycles. The largest absolute Gasteiger partial charge is 0.484 e. The van der Waals surface area contributed by atoms with Crippen LogP contribution in [0, 0.1) is 6.92 Å². The summed E-state index contributed by atoms with van der Waals surface area (Å²) in [5, 5.41) is 3.69. The molecule has 1 N–H and O–H groups in total. The molecule has 140 valence electrons. The fourth-order valence-corrected chi connectivity index (χ4v) is 3.15. The van der Waals surface area contributed by atoms with E-state index in [2.05, 4.69) is 24.1 Å². The number of ether oxygens (including phenoxy) is 1. The van der Waals surface area contributed by atoms with E-state index in [1.165, 1.54) is 0 Å². The highest BCUT2D eigenvalue weighted by Crippen LogP contribution is 2.26. The average Bonchev–Trinajstić information content (AvgIpc) is 2.65. The number of halogens is 1. The van der Waals surface area contributed by atoms with Crippen LogP contribution in [0.15, 0.2) is 48.5 Å². The molecule has 1 unspecified atom stereocenters. The fraction of sp³-hybridized carbons (Fsp3) is 0.381. The first-order valence-electron chi connectivity index (χ1n) is 8.99. The van der Waals surface area contributed by atoms with Crippen molar-refractivity contribution in [2.75, 3.05) is 26.2 Å². The first-order chi connectivity index (χ1) is 12.5. The summed E-state index contributed by atoms with van der Waals surface area (Å²) in [6.07, 6.45) is 0. The Hall–Kier alpha value is -2.04. The zero-order valence-corrected chi connectivity index (χ0v) is 16.4. The van der Waals surface area contributed by atoms with Crippen molar-refractivity contribution in [1.29, 1.82) is 0 Å². The number of hydrogen-bond donors (Lipinski definition) is 1. The smallest absolute Gasteiger partial charge is 0.258 e. The lowest BCUT2D eigenvalue weighted by Crippen LogP contribution is -2.39. The molecule has 0 aromatic heterocycles. The van der Waals surface area contributed by atoms with Crippen LogP contribution in [0.3, 0.4) is 0 Å². The zero-order chi connectivity index (χ0) is 18.9. The van der Waals surface area contributed by atoms with Crippen LogP contribution in [-0.2, 0) is 4.79 Å². The number of nitrogens with zero attached hydrogens (tertiary/aromatic N) is 1. The van der Waals surface area contributed by atoms with Gasteiger partial charge in [-0.25, -0.2) is 0 Å². The molecule has 0 spiro atoms. The molecule has 0 bridgehead atoms. The van der Waals surface area contributed by atoms with Gasteiger partial charge in [-0.1, -0.05) is 61.3 Å². The van der Waals surface area contributed by atoms with Crippen molar-refractivity contribution in [2.45, 2.75) is 26.8 Å². The third-order valence-corrected chi connectivity index (χ3v) is 4.75. The lowest BCUT2D eigenvalue weighted by atomic mass is 10.0. The van der Waals surface area contributed by atoms with Crippen molar-refractivity contribution >= 4 is 17.5 Å². The van der Waals surface area contributed by atoms with E-state index in [9.17, 15) is 4.79 Å². The number of nitrogens with one attached hydrogen (secondary N) is 1. The third kappa shape index (κ3) is 5.75. The predicted octanol–water partition coefficient (Wildman–Crippen LogP) is 4.23. The average molecular weight is 375 g/mol.